The van der Waals surface area contributed by atoms with E-state index in [1.54, 1.807) is 0 Å². The van der Waals surface area contributed by atoms with E-state index in [0.29, 0.717) is 52.6 Å². The van der Waals surface area contributed by atoms with Gasteiger partial charge in [-0.05, 0) is 0 Å². The van der Waals surface area contributed by atoms with Gasteiger partial charge in [-0.2, -0.15) is 0 Å². The summed E-state index contributed by atoms with van der Waals surface area (Å²) in [6, 6.07) is -0.441. The Morgan fingerprint density at radius 1 is 0.731 bits per heavy atom. The molecule has 0 aromatic heterocycles. The number of rotatable bonds is 14. The predicted octanol–water partition coefficient (Wildman–Crippen LogP) is -2.73. The molecule has 4 aliphatic heterocycles. The maximum absolute atomic E-state index is 10.4. The third-order valence-corrected chi connectivity index (χ3v) is 5.75. The SMILES string of the molecule is OCC(N(CC1CO1)CC1CO1)C(CO)(CO)N(CC1CO1)CC1CO1. The van der Waals surface area contributed by atoms with E-state index in [1.807, 2.05) is 0 Å². The van der Waals surface area contributed by atoms with Crippen LogP contribution >= 0.6 is 0 Å². The van der Waals surface area contributed by atoms with Gasteiger partial charge in [0.05, 0.1) is 82.2 Å². The molecule has 9 heteroatoms. The largest absolute Gasteiger partial charge is 0.395 e. The number of aliphatic hydroxyl groups excluding tert-OH is 3. The summed E-state index contributed by atoms with van der Waals surface area (Å²) in [5.41, 5.74) is -0.990. The maximum atomic E-state index is 10.4. The molecule has 4 fully saturated rings. The summed E-state index contributed by atoms with van der Waals surface area (Å²) in [4.78, 5) is 4.16. The van der Waals surface area contributed by atoms with Crippen LogP contribution in [0.3, 0.4) is 0 Å². The number of hydrogen-bond donors (Lipinski definition) is 3. The second-order valence-corrected chi connectivity index (χ2v) is 7.80. The molecule has 0 radical (unpaired) electrons. The lowest BCUT2D eigenvalue weighted by atomic mass is 9.87. The van der Waals surface area contributed by atoms with E-state index in [9.17, 15) is 15.3 Å². The summed E-state index contributed by atoms with van der Waals surface area (Å²) in [7, 11) is 0. The van der Waals surface area contributed by atoms with E-state index in [0.717, 1.165) is 0 Å². The first-order valence-corrected chi connectivity index (χ1v) is 9.46. The lowest BCUT2D eigenvalue weighted by Crippen LogP contribution is -2.69. The fourth-order valence-electron chi connectivity index (χ4n) is 3.77. The molecule has 0 saturated carbocycles. The molecule has 3 N–H and O–H groups in total. The third-order valence-electron chi connectivity index (χ3n) is 5.75. The van der Waals surface area contributed by atoms with Gasteiger partial charge in [0, 0.05) is 26.2 Å². The van der Waals surface area contributed by atoms with E-state index in [-0.39, 0.29) is 44.2 Å². The molecule has 0 spiro atoms. The Labute approximate surface area is 153 Å². The molecule has 4 heterocycles. The van der Waals surface area contributed by atoms with Crippen molar-refractivity contribution in [1.82, 2.24) is 9.80 Å². The molecule has 0 aromatic rings. The van der Waals surface area contributed by atoms with Crippen LogP contribution in [-0.2, 0) is 18.9 Å². The lowest BCUT2D eigenvalue weighted by molar-refractivity contribution is -0.0916. The Hall–Kier alpha value is -0.360. The van der Waals surface area contributed by atoms with Gasteiger partial charge in [0.25, 0.3) is 0 Å². The van der Waals surface area contributed by atoms with Crippen LogP contribution in [0.1, 0.15) is 0 Å². The van der Waals surface area contributed by atoms with Gasteiger partial charge >= 0.3 is 0 Å². The highest BCUT2D eigenvalue weighted by atomic mass is 16.6. The third kappa shape index (κ3) is 4.54. The molecular formula is C17H30N2O7. The van der Waals surface area contributed by atoms with E-state index >= 15 is 0 Å². The highest BCUT2D eigenvalue weighted by molar-refractivity contribution is 5.05. The summed E-state index contributed by atoms with van der Waals surface area (Å²) in [5, 5.41) is 31.0. The van der Waals surface area contributed by atoms with Crippen molar-refractivity contribution >= 4 is 0 Å². The van der Waals surface area contributed by atoms with Gasteiger partial charge in [0.1, 0.15) is 0 Å². The van der Waals surface area contributed by atoms with Gasteiger partial charge in [0.2, 0.25) is 0 Å². The van der Waals surface area contributed by atoms with E-state index in [2.05, 4.69) is 9.80 Å². The van der Waals surface area contributed by atoms with Crippen molar-refractivity contribution in [2.24, 2.45) is 0 Å². The summed E-state index contributed by atoms with van der Waals surface area (Å²) in [6.07, 6.45) is 0.504. The normalized spacial score (nSPS) is 33.6. The lowest BCUT2D eigenvalue weighted by Gasteiger charge is -2.49. The molecule has 0 aliphatic carbocycles. The first-order valence-electron chi connectivity index (χ1n) is 9.46. The second-order valence-electron chi connectivity index (χ2n) is 7.80. The van der Waals surface area contributed by atoms with Crippen molar-refractivity contribution in [3.8, 4) is 0 Å². The maximum Gasteiger partial charge on any atom is 0.0936 e. The average molecular weight is 374 g/mol. The topological polar surface area (TPSA) is 117 Å². The zero-order chi connectivity index (χ0) is 18.1. The van der Waals surface area contributed by atoms with Crippen LogP contribution in [0.2, 0.25) is 0 Å². The van der Waals surface area contributed by atoms with E-state index in [1.165, 1.54) is 0 Å². The zero-order valence-corrected chi connectivity index (χ0v) is 15.0. The second kappa shape index (κ2) is 7.94. The highest BCUT2D eigenvalue weighted by Gasteiger charge is 2.50. The Morgan fingerprint density at radius 2 is 1.12 bits per heavy atom. The minimum Gasteiger partial charge on any atom is -0.395 e. The van der Waals surface area contributed by atoms with Crippen LogP contribution in [0.4, 0.5) is 0 Å². The molecule has 0 amide bonds. The number of epoxide rings is 4. The first kappa shape index (κ1) is 19.0. The summed E-state index contributed by atoms with van der Waals surface area (Å²) >= 11 is 0. The van der Waals surface area contributed by atoms with Gasteiger partial charge in [-0.15, -0.1) is 0 Å². The molecule has 26 heavy (non-hydrogen) atoms. The number of ether oxygens (including phenoxy) is 4. The van der Waals surface area contributed by atoms with Crippen molar-refractivity contribution < 1.29 is 34.3 Å². The van der Waals surface area contributed by atoms with Crippen molar-refractivity contribution in [2.45, 2.75) is 36.0 Å². The molecule has 150 valence electrons. The minimum atomic E-state index is -0.990. The summed E-state index contributed by atoms with van der Waals surface area (Å²) < 4.78 is 21.5. The number of aliphatic hydroxyl groups is 3. The smallest absolute Gasteiger partial charge is 0.0936 e. The standard InChI is InChI=1S/C17H30N2O7/c20-5-16(18(1-12-6-23-12)2-13-7-24-13)17(10-21,11-22)19(3-14-8-25-14)4-15-9-26-15/h12-16,20-22H,1-11H2. The molecular weight excluding hydrogens is 344 g/mol. The van der Waals surface area contributed by atoms with Crippen LogP contribution in [0.5, 0.6) is 0 Å². The Morgan fingerprint density at radius 3 is 1.42 bits per heavy atom. The minimum absolute atomic E-state index is 0.109. The van der Waals surface area contributed by atoms with Gasteiger partial charge in [-0.1, -0.05) is 0 Å². The molecule has 0 bridgehead atoms. The van der Waals surface area contributed by atoms with E-state index in [4.69, 9.17) is 18.9 Å². The van der Waals surface area contributed by atoms with Gasteiger partial charge in [-0.3, -0.25) is 9.80 Å². The Kier molecular flexibility index (Phi) is 5.80. The predicted molar refractivity (Wildman–Crippen MR) is 89.9 cm³/mol. The first-order chi connectivity index (χ1) is 12.7. The van der Waals surface area contributed by atoms with E-state index < -0.39 is 11.6 Å². The molecule has 5 atom stereocenters. The van der Waals surface area contributed by atoms with Crippen LogP contribution in [0.25, 0.3) is 0 Å². The van der Waals surface area contributed by atoms with Gasteiger partial charge < -0.3 is 34.3 Å². The fourth-order valence-corrected chi connectivity index (χ4v) is 3.77. The molecule has 4 rings (SSSR count). The summed E-state index contributed by atoms with van der Waals surface area (Å²) in [6.45, 7) is 4.61. The molecule has 9 nitrogen and oxygen atoms in total. The molecule has 0 aromatic carbocycles. The quantitative estimate of drug-likeness (QED) is 0.279. The zero-order valence-electron chi connectivity index (χ0n) is 15.0. The van der Waals surface area contributed by atoms with Crippen molar-refractivity contribution in [3.63, 3.8) is 0 Å². The monoisotopic (exact) mass is 374 g/mol. The molecule has 4 saturated heterocycles. The average Bonchev–Trinajstić information content (AvgIpc) is 3.47. The van der Waals surface area contributed by atoms with Crippen LogP contribution in [0, 0.1) is 0 Å². The number of nitrogens with zero attached hydrogens (tertiary/aromatic N) is 2. The van der Waals surface area contributed by atoms with Crippen LogP contribution in [0.15, 0.2) is 0 Å². The molecule has 4 aliphatic rings. The fraction of sp³-hybridized carbons (Fsp3) is 1.00. The van der Waals surface area contributed by atoms with Crippen LogP contribution in [-0.4, -0.2) is 134 Å². The Balaban J connectivity index is 1.55. The van der Waals surface area contributed by atoms with Gasteiger partial charge in [0.15, 0.2) is 0 Å². The highest BCUT2D eigenvalue weighted by Crippen LogP contribution is 2.30. The van der Waals surface area contributed by atoms with Crippen molar-refractivity contribution in [2.75, 3.05) is 72.4 Å². The van der Waals surface area contributed by atoms with Gasteiger partial charge in [-0.25, -0.2) is 0 Å². The number of hydrogen-bond acceptors (Lipinski definition) is 9. The Bertz CT molecular complexity index is 434. The van der Waals surface area contributed by atoms with Crippen molar-refractivity contribution in [3.05, 3.63) is 0 Å². The molecule has 5 unspecified atom stereocenters. The summed E-state index contributed by atoms with van der Waals surface area (Å²) in [5.74, 6) is 0. The van der Waals surface area contributed by atoms with Crippen LogP contribution < -0.4 is 0 Å². The van der Waals surface area contributed by atoms with Crippen molar-refractivity contribution in [1.29, 1.82) is 0 Å².